The van der Waals surface area contributed by atoms with Crippen molar-refractivity contribution in [2.45, 2.75) is 92.1 Å². The van der Waals surface area contributed by atoms with Crippen molar-refractivity contribution >= 4 is 23.7 Å². The van der Waals surface area contributed by atoms with Crippen LogP contribution in [0.1, 0.15) is 95.5 Å². The lowest BCUT2D eigenvalue weighted by Gasteiger charge is -2.27. The molecule has 0 aliphatic carbocycles. The number of unbranched alkanes of at least 4 members (excludes halogenated alkanes) is 2. The summed E-state index contributed by atoms with van der Waals surface area (Å²) in [5, 5.41) is 0. The van der Waals surface area contributed by atoms with Crippen LogP contribution in [0.3, 0.4) is 0 Å². The highest BCUT2D eigenvalue weighted by molar-refractivity contribution is 6.03. The van der Waals surface area contributed by atoms with Crippen LogP contribution < -0.4 is 0 Å². The summed E-state index contributed by atoms with van der Waals surface area (Å²) >= 11 is 0. The molecule has 0 spiro atoms. The lowest BCUT2D eigenvalue weighted by molar-refractivity contribution is -0.160. The summed E-state index contributed by atoms with van der Waals surface area (Å²) < 4.78 is 15.6. The van der Waals surface area contributed by atoms with Gasteiger partial charge in [-0.3, -0.25) is 14.4 Å². The highest BCUT2D eigenvalue weighted by Gasteiger charge is 2.43. The molecular weight excluding hydrogens is 460 g/mol. The van der Waals surface area contributed by atoms with Crippen molar-refractivity contribution in [1.29, 1.82) is 0 Å². The largest absolute Gasteiger partial charge is 0.465 e. The molecule has 7 nitrogen and oxygen atoms in total. The van der Waals surface area contributed by atoms with Gasteiger partial charge in [-0.15, -0.1) is 0 Å². The number of rotatable bonds is 15. The molecule has 1 aromatic carbocycles. The normalized spacial score (nSPS) is 12.9. The van der Waals surface area contributed by atoms with Crippen LogP contribution >= 0.6 is 0 Å². The van der Waals surface area contributed by atoms with Crippen LogP contribution in [0.5, 0.6) is 0 Å². The minimum absolute atomic E-state index is 0.00545. The molecule has 0 fully saturated rings. The predicted octanol–water partition coefficient (Wildman–Crippen LogP) is 5.23. The van der Waals surface area contributed by atoms with E-state index in [1.807, 2.05) is 12.1 Å². The van der Waals surface area contributed by atoms with Crippen molar-refractivity contribution in [3.8, 4) is 11.8 Å². The Labute approximate surface area is 215 Å². The maximum atomic E-state index is 12.9. The smallest absolute Gasteiger partial charge is 0.338 e. The van der Waals surface area contributed by atoms with Gasteiger partial charge in [-0.1, -0.05) is 43.7 Å². The topological polar surface area (TPSA) is 96.0 Å². The third kappa shape index (κ3) is 10.2. The Morgan fingerprint density at radius 2 is 1.58 bits per heavy atom. The molecule has 0 amide bonds. The fourth-order valence-corrected chi connectivity index (χ4v) is 3.85. The summed E-state index contributed by atoms with van der Waals surface area (Å²) in [7, 11) is 0. The van der Waals surface area contributed by atoms with Crippen molar-refractivity contribution in [2.24, 2.45) is 5.41 Å². The lowest BCUT2D eigenvalue weighted by atomic mass is 9.76. The highest BCUT2D eigenvalue weighted by atomic mass is 16.5. The summed E-state index contributed by atoms with van der Waals surface area (Å²) in [4.78, 5) is 49.0. The Balaban J connectivity index is 3.00. The second-order valence-corrected chi connectivity index (χ2v) is 8.72. The zero-order chi connectivity index (χ0) is 27.0. The third-order valence-electron chi connectivity index (χ3n) is 5.91. The van der Waals surface area contributed by atoms with E-state index in [-0.39, 0.29) is 31.2 Å². The average molecular weight is 501 g/mol. The zero-order valence-corrected chi connectivity index (χ0v) is 22.3. The van der Waals surface area contributed by atoms with E-state index >= 15 is 0 Å². The predicted molar refractivity (Wildman–Crippen MR) is 137 cm³/mol. The number of carbonyl (C=O) groups excluding carboxylic acids is 4. The van der Waals surface area contributed by atoms with E-state index in [2.05, 4.69) is 18.8 Å². The van der Waals surface area contributed by atoms with Crippen LogP contribution in [0, 0.1) is 17.3 Å². The van der Waals surface area contributed by atoms with Crippen molar-refractivity contribution in [2.75, 3.05) is 13.2 Å². The van der Waals surface area contributed by atoms with E-state index in [1.54, 1.807) is 26.0 Å². The first-order chi connectivity index (χ1) is 17.2. The Morgan fingerprint density at radius 3 is 2.14 bits per heavy atom. The van der Waals surface area contributed by atoms with E-state index < -0.39 is 23.5 Å². The summed E-state index contributed by atoms with van der Waals surface area (Å²) in [6.07, 6.45) is 4.35. The first-order valence-corrected chi connectivity index (χ1v) is 12.8. The van der Waals surface area contributed by atoms with Crippen LogP contribution in [0.4, 0.5) is 0 Å². The molecule has 0 N–H and O–H groups in total. The molecule has 7 heteroatoms. The van der Waals surface area contributed by atoms with E-state index in [1.165, 1.54) is 13.8 Å². The van der Waals surface area contributed by atoms with Gasteiger partial charge in [0.1, 0.15) is 11.2 Å². The number of ether oxygens (including phenoxy) is 3. The number of Topliss-reactive ketones (excluding diaryl/α,β-unsaturated/α-hetero) is 1. The van der Waals surface area contributed by atoms with Crippen molar-refractivity contribution < 1.29 is 33.4 Å². The number of aryl methyl sites for hydroxylation is 1. The van der Waals surface area contributed by atoms with Gasteiger partial charge in [0.05, 0.1) is 18.8 Å². The van der Waals surface area contributed by atoms with Crippen LogP contribution in [-0.2, 0) is 35.0 Å². The Kier molecular flexibility index (Phi) is 14.2. The Morgan fingerprint density at radius 1 is 0.917 bits per heavy atom. The van der Waals surface area contributed by atoms with Gasteiger partial charge in [-0.25, -0.2) is 4.79 Å². The summed E-state index contributed by atoms with van der Waals surface area (Å²) in [5.74, 6) is 4.24. The molecule has 0 aliphatic rings. The molecule has 1 rings (SSSR count). The van der Waals surface area contributed by atoms with Crippen molar-refractivity contribution in [3.05, 3.63) is 35.4 Å². The second-order valence-electron chi connectivity index (χ2n) is 8.72. The van der Waals surface area contributed by atoms with Gasteiger partial charge >= 0.3 is 17.9 Å². The molecular formula is C29H40O7. The van der Waals surface area contributed by atoms with Crippen LogP contribution in [-0.4, -0.2) is 43.0 Å². The molecule has 1 aromatic rings. The molecule has 0 saturated carbocycles. The fraction of sp³-hybridized carbons (Fsp3) is 0.586. The van der Waals surface area contributed by atoms with Crippen molar-refractivity contribution in [1.82, 2.24) is 0 Å². The number of carbonyl (C=O) groups is 4. The Hall–Kier alpha value is -3.14. The average Bonchev–Trinajstić information content (AvgIpc) is 2.83. The molecule has 2 unspecified atom stereocenters. The summed E-state index contributed by atoms with van der Waals surface area (Å²) in [6.45, 7) is 8.73. The number of hydrogen-bond donors (Lipinski definition) is 0. The van der Waals surface area contributed by atoms with Gasteiger partial charge in [-0.2, -0.15) is 0 Å². The number of hydrogen-bond acceptors (Lipinski definition) is 7. The molecule has 0 heterocycles. The highest BCUT2D eigenvalue weighted by Crippen LogP contribution is 2.32. The van der Waals surface area contributed by atoms with Gasteiger partial charge in [0.2, 0.25) is 0 Å². The lowest BCUT2D eigenvalue weighted by Crippen LogP contribution is -2.39. The second kappa shape index (κ2) is 16.5. The maximum Gasteiger partial charge on any atom is 0.338 e. The van der Waals surface area contributed by atoms with Crippen LogP contribution in [0.2, 0.25) is 0 Å². The van der Waals surface area contributed by atoms with Crippen LogP contribution in [0.15, 0.2) is 24.3 Å². The minimum atomic E-state index is -1.39. The van der Waals surface area contributed by atoms with Crippen LogP contribution in [0.25, 0.3) is 0 Å². The Bertz CT molecular complexity index is 923. The molecule has 0 saturated heterocycles. The number of benzene rings is 1. The van der Waals surface area contributed by atoms with Gasteiger partial charge in [0, 0.05) is 13.3 Å². The minimum Gasteiger partial charge on any atom is -0.465 e. The first kappa shape index (κ1) is 30.9. The van der Waals surface area contributed by atoms with Crippen molar-refractivity contribution in [3.63, 3.8) is 0 Å². The molecule has 198 valence electrons. The van der Waals surface area contributed by atoms with Gasteiger partial charge < -0.3 is 14.2 Å². The summed E-state index contributed by atoms with van der Waals surface area (Å²) in [6, 6.07) is 7.09. The van der Waals surface area contributed by atoms with Gasteiger partial charge in [0.25, 0.3) is 0 Å². The van der Waals surface area contributed by atoms with E-state index in [9.17, 15) is 19.2 Å². The van der Waals surface area contributed by atoms with Gasteiger partial charge in [0.15, 0.2) is 6.10 Å². The molecule has 36 heavy (non-hydrogen) atoms. The maximum absolute atomic E-state index is 12.9. The first-order valence-electron chi connectivity index (χ1n) is 12.8. The third-order valence-corrected chi connectivity index (χ3v) is 5.91. The summed E-state index contributed by atoms with van der Waals surface area (Å²) in [5.41, 5.74) is 0.0565. The standard InChI is InChI=1S/C29H40O7/c1-6-9-10-14-26(36-23(5)31)15-12-21-29(22(4)30,28(33)35-8-3)20-11-13-24-16-18-25(19-17-24)27(32)34-7-2/h16-19,26H,6-11,13-14,20-21H2,1-5H3. The quantitative estimate of drug-likeness (QED) is 0.107. The molecule has 0 aromatic heterocycles. The van der Waals surface area contributed by atoms with E-state index in [4.69, 9.17) is 14.2 Å². The molecule has 0 aliphatic heterocycles. The number of esters is 3. The fourth-order valence-electron chi connectivity index (χ4n) is 3.85. The zero-order valence-electron chi connectivity index (χ0n) is 22.3. The SMILES string of the molecule is CCCCCC(C#CCC(CCCc1ccc(C(=O)OCC)cc1)(C(C)=O)C(=O)OCC)OC(C)=O. The molecule has 0 bridgehead atoms. The molecule has 2 atom stereocenters. The van der Waals surface area contributed by atoms with E-state index in [0.29, 0.717) is 31.4 Å². The van der Waals surface area contributed by atoms with E-state index in [0.717, 1.165) is 24.8 Å². The molecule has 0 radical (unpaired) electrons. The monoisotopic (exact) mass is 500 g/mol. The van der Waals surface area contributed by atoms with Gasteiger partial charge in [-0.05, 0) is 70.6 Å². The number of ketones is 1.